The molecular formula is C15H21N3. The molecule has 0 radical (unpaired) electrons. The van der Waals surface area contributed by atoms with E-state index in [1.165, 1.54) is 56.3 Å². The van der Waals surface area contributed by atoms with Crippen molar-refractivity contribution in [2.75, 3.05) is 0 Å². The standard InChI is InChI=1S/C15H21N3/c1-12-15(13-7-5-3-2-4-6-8-13)18-10-9-16-11-14(18)17-12/h9-11,13H,2-8H2,1H3. The Morgan fingerprint density at radius 3 is 2.61 bits per heavy atom. The van der Waals surface area contributed by atoms with Gasteiger partial charge in [-0.1, -0.05) is 32.1 Å². The zero-order valence-corrected chi connectivity index (χ0v) is 11.1. The van der Waals surface area contributed by atoms with Crippen molar-refractivity contribution < 1.29 is 0 Å². The van der Waals surface area contributed by atoms with Gasteiger partial charge in [-0.05, 0) is 19.8 Å². The number of aryl methyl sites for hydroxylation is 1. The Hall–Kier alpha value is -1.38. The van der Waals surface area contributed by atoms with Crippen LogP contribution >= 0.6 is 0 Å². The Bertz CT molecular complexity index is 522. The topological polar surface area (TPSA) is 30.2 Å². The van der Waals surface area contributed by atoms with Crippen molar-refractivity contribution in [1.29, 1.82) is 0 Å². The van der Waals surface area contributed by atoms with Gasteiger partial charge in [0.15, 0.2) is 5.65 Å². The van der Waals surface area contributed by atoms with E-state index >= 15 is 0 Å². The predicted octanol–water partition coefficient (Wildman–Crippen LogP) is 3.87. The molecule has 0 aliphatic heterocycles. The van der Waals surface area contributed by atoms with Crippen LogP contribution in [0.1, 0.15) is 62.3 Å². The van der Waals surface area contributed by atoms with Crippen molar-refractivity contribution in [2.45, 2.75) is 57.8 Å². The van der Waals surface area contributed by atoms with Gasteiger partial charge in [0.1, 0.15) is 0 Å². The van der Waals surface area contributed by atoms with Crippen molar-refractivity contribution in [3.63, 3.8) is 0 Å². The van der Waals surface area contributed by atoms with Crippen LogP contribution in [0, 0.1) is 6.92 Å². The highest BCUT2D eigenvalue weighted by Crippen LogP contribution is 2.32. The molecule has 2 aromatic heterocycles. The maximum absolute atomic E-state index is 4.64. The molecule has 0 bridgehead atoms. The summed E-state index contributed by atoms with van der Waals surface area (Å²) in [5, 5.41) is 0. The van der Waals surface area contributed by atoms with Crippen LogP contribution in [0.3, 0.4) is 0 Å². The highest BCUT2D eigenvalue weighted by molar-refractivity contribution is 5.41. The second-order valence-corrected chi connectivity index (χ2v) is 5.43. The highest BCUT2D eigenvalue weighted by Gasteiger charge is 2.20. The average Bonchev–Trinajstić information content (AvgIpc) is 2.65. The molecule has 1 aliphatic rings. The van der Waals surface area contributed by atoms with Gasteiger partial charge in [0.05, 0.1) is 11.9 Å². The van der Waals surface area contributed by atoms with E-state index in [1.807, 2.05) is 12.4 Å². The van der Waals surface area contributed by atoms with Crippen molar-refractivity contribution in [3.05, 3.63) is 30.0 Å². The number of fused-ring (bicyclic) bond motifs is 1. The SMILES string of the molecule is Cc1nc2cnccn2c1C1CCCCCCC1. The maximum Gasteiger partial charge on any atom is 0.155 e. The van der Waals surface area contributed by atoms with Crippen LogP contribution < -0.4 is 0 Å². The van der Waals surface area contributed by atoms with E-state index < -0.39 is 0 Å². The molecule has 3 heteroatoms. The van der Waals surface area contributed by atoms with E-state index in [0.29, 0.717) is 5.92 Å². The van der Waals surface area contributed by atoms with Crippen LogP contribution in [0.2, 0.25) is 0 Å². The molecular weight excluding hydrogens is 222 g/mol. The molecule has 0 N–H and O–H groups in total. The van der Waals surface area contributed by atoms with Gasteiger partial charge < -0.3 is 4.40 Å². The van der Waals surface area contributed by atoms with Crippen LogP contribution in [0.25, 0.3) is 5.65 Å². The predicted molar refractivity (Wildman–Crippen MR) is 72.8 cm³/mol. The lowest BCUT2D eigenvalue weighted by atomic mass is 9.88. The third-order valence-corrected chi connectivity index (χ3v) is 4.14. The van der Waals surface area contributed by atoms with Gasteiger partial charge in [0.2, 0.25) is 0 Å². The highest BCUT2D eigenvalue weighted by atomic mass is 15.0. The van der Waals surface area contributed by atoms with Crippen LogP contribution in [0.4, 0.5) is 0 Å². The molecule has 0 aromatic carbocycles. The molecule has 96 valence electrons. The Morgan fingerprint density at radius 1 is 1.11 bits per heavy atom. The minimum atomic E-state index is 0.683. The summed E-state index contributed by atoms with van der Waals surface area (Å²) in [5.41, 5.74) is 3.61. The van der Waals surface area contributed by atoms with Crippen LogP contribution in [-0.2, 0) is 0 Å². The number of hydrogen-bond acceptors (Lipinski definition) is 2. The lowest BCUT2D eigenvalue weighted by molar-refractivity contribution is 0.447. The maximum atomic E-state index is 4.64. The number of aromatic nitrogens is 3. The third kappa shape index (κ3) is 2.14. The van der Waals surface area contributed by atoms with Gasteiger partial charge in [-0.25, -0.2) is 4.98 Å². The van der Waals surface area contributed by atoms with E-state index in [0.717, 1.165) is 5.65 Å². The van der Waals surface area contributed by atoms with E-state index in [1.54, 1.807) is 0 Å². The molecule has 0 atom stereocenters. The smallest absolute Gasteiger partial charge is 0.155 e. The lowest BCUT2D eigenvalue weighted by Crippen LogP contribution is -2.07. The molecule has 0 spiro atoms. The molecule has 2 heterocycles. The van der Waals surface area contributed by atoms with Gasteiger partial charge in [0.25, 0.3) is 0 Å². The van der Waals surface area contributed by atoms with E-state index in [-0.39, 0.29) is 0 Å². The summed E-state index contributed by atoms with van der Waals surface area (Å²) >= 11 is 0. The monoisotopic (exact) mass is 243 g/mol. The summed E-state index contributed by atoms with van der Waals surface area (Å²) in [7, 11) is 0. The molecule has 18 heavy (non-hydrogen) atoms. The zero-order valence-electron chi connectivity index (χ0n) is 11.1. The number of imidazole rings is 1. The van der Waals surface area contributed by atoms with Crippen LogP contribution in [-0.4, -0.2) is 14.4 Å². The third-order valence-electron chi connectivity index (χ3n) is 4.14. The number of rotatable bonds is 1. The van der Waals surface area contributed by atoms with Crippen LogP contribution in [0.15, 0.2) is 18.6 Å². The fraction of sp³-hybridized carbons (Fsp3) is 0.600. The fourth-order valence-corrected chi connectivity index (χ4v) is 3.26. The number of hydrogen-bond donors (Lipinski definition) is 0. The lowest BCUT2D eigenvalue weighted by Gasteiger charge is -2.20. The van der Waals surface area contributed by atoms with E-state index in [4.69, 9.17) is 0 Å². The van der Waals surface area contributed by atoms with Crippen molar-refractivity contribution in [3.8, 4) is 0 Å². The molecule has 3 nitrogen and oxygen atoms in total. The summed E-state index contributed by atoms with van der Waals surface area (Å²) in [5.74, 6) is 0.683. The van der Waals surface area contributed by atoms with Crippen molar-refractivity contribution >= 4 is 5.65 Å². The van der Waals surface area contributed by atoms with Gasteiger partial charge >= 0.3 is 0 Å². The minimum absolute atomic E-state index is 0.683. The molecule has 1 saturated carbocycles. The first-order valence-electron chi connectivity index (χ1n) is 7.15. The van der Waals surface area contributed by atoms with Gasteiger partial charge in [-0.15, -0.1) is 0 Å². The summed E-state index contributed by atoms with van der Waals surface area (Å²) in [6.07, 6.45) is 15.4. The largest absolute Gasteiger partial charge is 0.301 e. The summed E-state index contributed by atoms with van der Waals surface area (Å²) < 4.78 is 2.24. The second kappa shape index (κ2) is 5.09. The van der Waals surface area contributed by atoms with Gasteiger partial charge in [-0.3, -0.25) is 4.98 Å². The minimum Gasteiger partial charge on any atom is -0.301 e. The molecule has 0 unspecified atom stereocenters. The fourth-order valence-electron chi connectivity index (χ4n) is 3.26. The average molecular weight is 243 g/mol. The number of nitrogens with zero attached hydrogens (tertiary/aromatic N) is 3. The van der Waals surface area contributed by atoms with Crippen LogP contribution in [0.5, 0.6) is 0 Å². The zero-order chi connectivity index (χ0) is 12.4. The normalized spacial score (nSPS) is 18.7. The van der Waals surface area contributed by atoms with Gasteiger partial charge in [-0.2, -0.15) is 0 Å². The molecule has 3 rings (SSSR count). The van der Waals surface area contributed by atoms with Crippen molar-refractivity contribution in [1.82, 2.24) is 14.4 Å². The summed E-state index contributed by atoms with van der Waals surface area (Å²) in [6, 6.07) is 0. The molecule has 0 amide bonds. The summed E-state index contributed by atoms with van der Waals surface area (Å²) in [6.45, 7) is 2.14. The first-order chi connectivity index (χ1) is 8.86. The molecule has 0 saturated heterocycles. The summed E-state index contributed by atoms with van der Waals surface area (Å²) in [4.78, 5) is 8.81. The van der Waals surface area contributed by atoms with E-state index in [9.17, 15) is 0 Å². The quantitative estimate of drug-likeness (QED) is 0.761. The Balaban J connectivity index is 1.98. The molecule has 2 aromatic rings. The second-order valence-electron chi connectivity index (χ2n) is 5.43. The molecule has 1 aliphatic carbocycles. The Morgan fingerprint density at radius 2 is 1.83 bits per heavy atom. The Kier molecular flexibility index (Phi) is 3.31. The Labute approximate surface area is 108 Å². The van der Waals surface area contributed by atoms with Gasteiger partial charge in [0, 0.05) is 24.0 Å². The first kappa shape index (κ1) is 11.7. The molecule has 1 fully saturated rings. The first-order valence-corrected chi connectivity index (χ1v) is 7.15. The van der Waals surface area contributed by atoms with Crippen molar-refractivity contribution in [2.24, 2.45) is 0 Å². The van der Waals surface area contributed by atoms with E-state index in [2.05, 4.69) is 27.5 Å².